The SMILES string of the molecule is CC1OCCC1SCC(CO)NC1CC1. The first-order valence-corrected chi connectivity index (χ1v) is 6.94. The Labute approximate surface area is 96.0 Å². The van der Waals surface area contributed by atoms with Gasteiger partial charge < -0.3 is 15.2 Å². The van der Waals surface area contributed by atoms with Crippen molar-refractivity contribution >= 4 is 11.8 Å². The Morgan fingerprint density at radius 2 is 2.27 bits per heavy atom. The molecule has 0 spiro atoms. The zero-order valence-corrected chi connectivity index (χ0v) is 10.1. The van der Waals surface area contributed by atoms with E-state index >= 15 is 0 Å². The van der Waals surface area contributed by atoms with Crippen LogP contribution in [0.25, 0.3) is 0 Å². The summed E-state index contributed by atoms with van der Waals surface area (Å²) in [5.74, 6) is 1.01. The number of thioether (sulfide) groups is 1. The molecule has 0 aromatic heterocycles. The van der Waals surface area contributed by atoms with E-state index in [9.17, 15) is 5.11 Å². The summed E-state index contributed by atoms with van der Waals surface area (Å²) in [5, 5.41) is 13.3. The van der Waals surface area contributed by atoms with Crippen LogP contribution in [0.5, 0.6) is 0 Å². The fourth-order valence-electron chi connectivity index (χ4n) is 1.91. The zero-order chi connectivity index (χ0) is 10.7. The van der Waals surface area contributed by atoms with Gasteiger partial charge in [-0.25, -0.2) is 0 Å². The average Bonchev–Trinajstić information content (AvgIpc) is 2.96. The summed E-state index contributed by atoms with van der Waals surface area (Å²) >= 11 is 1.95. The van der Waals surface area contributed by atoms with Gasteiger partial charge in [0.2, 0.25) is 0 Å². The Morgan fingerprint density at radius 3 is 2.80 bits per heavy atom. The molecule has 1 heterocycles. The lowest BCUT2D eigenvalue weighted by Gasteiger charge is -2.19. The number of aliphatic hydroxyl groups excluding tert-OH is 1. The van der Waals surface area contributed by atoms with E-state index in [1.165, 1.54) is 12.8 Å². The summed E-state index contributed by atoms with van der Waals surface area (Å²) < 4.78 is 5.52. The van der Waals surface area contributed by atoms with E-state index in [4.69, 9.17) is 4.74 Å². The molecule has 2 rings (SSSR count). The molecule has 0 aromatic rings. The van der Waals surface area contributed by atoms with Crippen molar-refractivity contribution < 1.29 is 9.84 Å². The lowest BCUT2D eigenvalue weighted by Crippen LogP contribution is -2.37. The molecule has 15 heavy (non-hydrogen) atoms. The fourth-order valence-corrected chi connectivity index (χ4v) is 3.20. The predicted molar refractivity (Wildman–Crippen MR) is 63.3 cm³/mol. The molecule has 1 saturated carbocycles. The van der Waals surface area contributed by atoms with Crippen molar-refractivity contribution in [3.63, 3.8) is 0 Å². The first-order valence-electron chi connectivity index (χ1n) is 5.89. The third kappa shape index (κ3) is 3.63. The monoisotopic (exact) mass is 231 g/mol. The largest absolute Gasteiger partial charge is 0.395 e. The first kappa shape index (κ1) is 11.7. The number of hydrogen-bond donors (Lipinski definition) is 2. The molecular weight excluding hydrogens is 210 g/mol. The molecule has 4 heteroatoms. The molecule has 2 aliphatic rings. The first-order chi connectivity index (χ1) is 7.29. The molecule has 0 bridgehead atoms. The minimum atomic E-state index is 0.255. The van der Waals surface area contributed by atoms with Gasteiger partial charge in [-0.05, 0) is 26.2 Å². The van der Waals surface area contributed by atoms with Gasteiger partial charge in [0.15, 0.2) is 0 Å². The summed E-state index contributed by atoms with van der Waals surface area (Å²) in [6, 6.07) is 0.954. The third-order valence-corrected chi connectivity index (χ3v) is 4.73. The minimum Gasteiger partial charge on any atom is -0.395 e. The maximum Gasteiger partial charge on any atom is 0.0666 e. The van der Waals surface area contributed by atoms with Crippen LogP contribution in [0.15, 0.2) is 0 Å². The third-order valence-electron chi connectivity index (χ3n) is 3.09. The second kappa shape index (κ2) is 5.53. The van der Waals surface area contributed by atoms with E-state index in [0.717, 1.165) is 18.8 Å². The van der Waals surface area contributed by atoms with Crippen LogP contribution in [-0.2, 0) is 4.74 Å². The zero-order valence-electron chi connectivity index (χ0n) is 9.32. The topological polar surface area (TPSA) is 41.5 Å². The van der Waals surface area contributed by atoms with E-state index in [1.807, 2.05) is 11.8 Å². The lowest BCUT2D eigenvalue weighted by atomic mass is 10.3. The summed E-state index contributed by atoms with van der Waals surface area (Å²) in [6.07, 6.45) is 4.11. The van der Waals surface area contributed by atoms with Crippen molar-refractivity contribution in [3.8, 4) is 0 Å². The summed E-state index contributed by atoms with van der Waals surface area (Å²) in [5.41, 5.74) is 0. The van der Waals surface area contributed by atoms with Gasteiger partial charge in [0, 0.05) is 29.7 Å². The molecular formula is C11H21NO2S. The molecule has 2 fully saturated rings. The summed E-state index contributed by atoms with van der Waals surface area (Å²) in [4.78, 5) is 0. The van der Waals surface area contributed by atoms with Gasteiger partial charge >= 0.3 is 0 Å². The maximum absolute atomic E-state index is 9.24. The van der Waals surface area contributed by atoms with Crippen LogP contribution >= 0.6 is 11.8 Å². The van der Waals surface area contributed by atoms with E-state index in [0.29, 0.717) is 17.4 Å². The Morgan fingerprint density at radius 1 is 1.47 bits per heavy atom. The van der Waals surface area contributed by atoms with Crippen LogP contribution in [0.4, 0.5) is 0 Å². The maximum atomic E-state index is 9.24. The molecule has 0 radical (unpaired) electrons. The normalized spacial score (nSPS) is 33.2. The summed E-state index contributed by atoms with van der Waals surface area (Å²) in [7, 11) is 0. The van der Waals surface area contributed by atoms with Crippen LogP contribution in [0.1, 0.15) is 26.2 Å². The summed E-state index contributed by atoms with van der Waals surface area (Å²) in [6.45, 7) is 3.30. The highest BCUT2D eigenvalue weighted by atomic mass is 32.2. The molecule has 88 valence electrons. The van der Waals surface area contributed by atoms with Gasteiger partial charge in [0.25, 0.3) is 0 Å². The Balaban J connectivity index is 1.65. The van der Waals surface area contributed by atoms with E-state index < -0.39 is 0 Å². The van der Waals surface area contributed by atoms with Crippen LogP contribution in [-0.4, -0.2) is 47.5 Å². The van der Waals surface area contributed by atoms with Gasteiger partial charge in [0.05, 0.1) is 12.7 Å². The molecule has 1 aliphatic heterocycles. The molecule has 3 nitrogen and oxygen atoms in total. The van der Waals surface area contributed by atoms with Gasteiger partial charge in [0.1, 0.15) is 0 Å². The van der Waals surface area contributed by atoms with Gasteiger partial charge in [-0.15, -0.1) is 0 Å². The predicted octanol–water partition coefficient (Wildman–Crippen LogP) is 1.01. The number of rotatable bonds is 6. The highest BCUT2D eigenvalue weighted by Gasteiger charge is 2.27. The van der Waals surface area contributed by atoms with Crippen molar-refractivity contribution in [1.82, 2.24) is 5.32 Å². The second-order valence-corrected chi connectivity index (χ2v) is 5.83. The van der Waals surface area contributed by atoms with Crippen LogP contribution < -0.4 is 5.32 Å². The molecule has 3 unspecified atom stereocenters. The highest BCUT2D eigenvalue weighted by molar-refractivity contribution is 8.00. The quantitative estimate of drug-likeness (QED) is 0.716. The second-order valence-electron chi connectivity index (χ2n) is 4.56. The van der Waals surface area contributed by atoms with Crippen LogP contribution in [0, 0.1) is 0 Å². The van der Waals surface area contributed by atoms with Crippen LogP contribution in [0.2, 0.25) is 0 Å². The number of aliphatic hydroxyl groups is 1. The Hall–Kier alpha value is 0.230. The Kier molecular flexibility index (Phi) is 4.31. The molecule has 0 amide bonds. The van der Waals surface area contributed by atoms with E-state index in [-0.39, 0.29) is 12.6 Å². The Bertz CT molecular complexity index is 199. The van der Waals surface area contributed by atoms with E-state index in [2.05, 4.69) is 12.2 Å². The minimum absolute atomic E-state index is 0.255. The fraction of sp³-hybridized carbons (Fsp3) is 1.00. The molecule has 0 aromatic carbocycles. The van der Waals surface area contributed by atoms with Gasteiger partial charge in [-0.2, -0.15) is 11.8 Å². The average molecular weight is 231 g/mol. The number of nitrogens with one attached hydrogen (secondary N) is 1. The van der Waals surface area contributed by atoms with Crippen molar-refractivity contribution in [2.24, 2.45) is 0 Å². The smallest absolute Gasteiger partial charge is 0.0666 e. The van der Waals surface area contributed by atoms with Crippen molar-refractivity contribution in [2.45, 2.75) is 49.6 Å². The van der Waals surface area contributed by atoms with Crippen molar-refractivity contribution in [2.75, 3.05) is 19.0 Å². The molecule has 1 aliphatic carbocycles. The number of hydrogen-bond acceptors (Lipinski definition) is 4. The molecule has 3 atom stereocenters. The lowest BCUT2D eigenvalue weighted by molar-refractivity contribution is 0.127. The van der Waals surface area contributed by atoms with Crippen molar-refractivity contribution in [3.05, 3.63) is 0 Å². The van der Waals surface area contributed by atoms with Crippen LogP contribution in [0.3, 0.4) is 0 Å². The van der Waals surface area contributed by atoms with Crippen molar-refractivity contribution in [1.29, 1.82) is 0 Å². The van der Waals surface area contributed by atoms with E-state index in [1.54, 1.807) is 0 Å². The highest BCUT2D eigenvalue weighted by Crippen LogP contribution is 2.27. The van der Waals surface area contributed by atoms with Gasteiger partial charge in [-0.1, -0.05) is 0 Å². The molecule has 1 saturated heterocycles. The van der Waals surface area contributed by atoms with Gasteiger partial charge in [-0.3, -0.25) is 0 Å². The number of ether oxygens (including phenoxy) is 1. The standard InChI is InChI=1S/C11H21NO2S/c1-8-11(4-5-14-8)15-7-10(6-13)12-9-2-3-9/h8-13H,2-7H2,1H3. The molecule has 2 N–H and O–H groups in total.